The van der Waals surface area contributed by atoms with Crippen LogP contribution in [0.5, 0.6) is 0 Å². The lowest BCUT2D eigenvalue weighted by atomic mass is 9.81. The smallest absolute Gasteiger partial charge is 0.0372 e. The van der Waals surface area contributed by atoms with Crippen LogP contribution in [0.1, 0.15) is 54.1 Å². The summed E-state index contributed by atoms with van der Waals surface area (Å²) in [4.78, 5) is 4.36. The molecule has 0 saturated heterocycles. The third-order valence-electron chi connectivity index (χ3n) is 4.32. The Kier molecular flexibility index (Phi) is 3.83. The number of pyridine rings is 1. The number of hydrogen-bond acceptors (Lipinski definition) is 2. The molecule has 2 aromatic rings. The van der Waals surface area contributed by atoms with Crippen molar-refractivity contribution in [1.82, 2.24) is 10.3 Å². The summed E-state index contributed by atoms with van der Waals surface area (Å²) in [5, 5.41) is 3.69. The van der Waals surface area contributed by atoms with Crippen molar-refractivity contribution in [1.29, 1.82) is 0 Å². The Morgan fingerprint density at radius 3 is 2.65 bits per heavy atom. The van der Waals surface area contributed by atoms with Gasteiger partial charge in [0.25, 0.3) is 0 Å². The number of benzene rings is 1. The van der Waals surface area contributed by atoms with E-state index in [-0.39, 0.29) is 0 Å². The van der Waals surface area contributed by atoms with Crippen LogP contribution in [0.25, 0.3) is 0 Å². The highest BCUT2D eigenvalue weighted by Gasteiger charge is 2.23. The number of fused-ring (bicyclic) bond motifs is 1. The summed E-state index contributed by atoms with van der Waals surface area (Å²) in [5.41, 5.74) is 5.32. The molecule has 3 rings (SSSR count). The lowest BCUT2D eigenvalue weighted by Gasteiger charge is -2.30. The SMILES string of the molecule is Cc1ccc(CNC2CCC(C)c3ccccc32)cn1. The molecule has 1 aromatic carbocycles. The number of rotatable bonds is 3. The van der Waals surface area contributed by atoms with Crippen molar-refractivity contribution in [3.05, 3.63) is 65.0 Å². The average Bonchev–Trinajstić information content (AvgIpc) is 2.49. The fourth-order valence-corrected chi connectivity index (χ4v) is 3.06. The second kappa shape index (κ2) is 5.76. The number of nitrogens with zero attached hydrogens (tertiary/aromatic N) is 1. The van der Waals surface area contributed by atoms with E-state index in [2.05, 4.69) is 53.6 Å². The van der Waals surface area contributed by atoms with E-state index in [1.54, 1.807) is 0 Å². The first-order valence-corrected chi connectivity index (χ1v) is 7.48. The van der Waals surface area contributed by atoms with E-state index in [4.69, 9.17) is 0 Å². The molecule has 2 nitrogen and oxygen atoms in total. The fraction of sp³-hybridized carbons (Fsp3) is 0.389. The third-order valence-corrected chi connectivity index (χ3v) is 4.32. The quantitative estimate of drug-likeness (QED) is 0.904. The highest BCUT2D eigenvalue weighted by molar-refractivity contribution is 5.35. The van der Waals surface area contributed by atoms with Crippen LogP contribution in [-0.4, -0.2) is 4.98 Å². The molecular weight excluding hydrogens is 244 g/mol. The maximum atomic E-state index is 4.36. The Morgan fingerprint density at radius 1 is 1.10 bits per heavy atom. The lowest BCUT2D eigenvalue weighted by Crippen LogP contribution is -2.25. The van der Waals surface area contributed by atoms with Crippen molar-refractivity contribution >= 4 is 0 Å². The summed E-state index contributed by atoms with van der Waals surface area (Å²) in [6.07, 6.45) is 4.46. The van der Waals surface area contributed by atoms with Gasteiger partial charge in [0, 0.05) is 24.5 Å². The molecule has 1 aliphatic rings. The molecule has 0 radical (unpaired) electrons. The monoisotopic (exact) mass is 266 g/mol. The molecule has 0 bridgehead atoms. The molecule has 1 N–H and O–H groups in total. The Balaban J connectivity index is 1.72. The van der Waals surface area contributed by atoms with E-state index in [0.29, 0.717) is 12.0 Å². The standard InChI is InChI=1S/C18H22N2/c1-13-7-10-18(17-6-4-3-5-16(13)17)20-12-15-9-8-14(2)19-11-15/h3-6,8-9,11,13,18,20H,7,10,12H2,1-2H3. The van der Waals surface area contributed by atoms with Crippen LogP contribution < -0.4 is 5.32 Å². The summed E-state index contributed by atoms with van der Waals surface area (Å²) < 4.78 is 0. The Morgan fingerprint density at radius 2 is 1.90 bits per heavy atom. The van der Waals surface area contributed by atoms with Gasteiger partial charge in [-0.2, -0.15) is 0 Å². The topological polar surface area (TPSA) is 24.9 Å². The fourth-order valence-electron chi connectivity index (χ4n) is 3.06. The first-order chi connectivity index (χ1) is 9.74. The Bertz CT molecular complexity index is 574. The van der Waals surface area contributed by atoms with Gasteiger partial charge in [0.15, 0.2) is 0 Å². The van der Waals surface area contributed by atoms with Gasteiger partial charge in [0.2, 0.25) is 0 Å². The van der Waals surface area contributed by atoms with E-state index < -0.39 is 0 Å². The van der Waals surface area contributed by atoms with Crippen LogP contribution in [0.2, 0.25) is 0 Å². The van der Waals surface area contributed by atoms with Crippen LogP contribution in [0, 0.1) is 6.92 Å². The van der Waals surface area contributed by atoms with Gasteiger partial charge in [-0.05, 0) is 48.4 Å². The van der Waals surface area contributed by atoms with Crippen LogP contribution in [-0.2, 0) is 6.54 Å². The molecule has 1 aromatic heterocycles. The van der Waals surface area contributed by atoms with Crippen molar-refractivity contribution in [2.24, 2.45) is 0 Å². The van der Waals surface area contributed by atoms with E-state index in [0.717, 1.165) is 12.2 Å². The molecule has 0 spiro atoms. The lowest BCUT2D eigenvalue weighted by molar-refractivity contribution is 0.431. The zero-order valence-corrected chi connectivity index (χ0v) is 12.3. The summed E-state index contributed by atoms with van der Waals surface area (Å²) in [6.45, 7) is 5.25. The molecule has 20 heavy (non-hydrogen) atoms. The second-order valence-electron chi connectivity index (χ2n) is 5.85. The number of nitrogens with one attached hydrogen (secondary N) is 1. The van der Waals surface area contributed by atoms with Gasteiger partial charge < -0.3 is 5.32 Å². The van der Waals surface area contributed by atoms with E-state index >= 15 is 0 Å². The predicted molar refractivity (Wildman–Crippen MR) is 82.6 cm³/mol. The molecule has 2 unspecified atom stereocenters. The highest BCUT2D eigenvalue weighted by Crippen LogP contribution is 2.36. The van der Waals surface area contributed by atoms with Gasteiger partial charge in [0.1, 0.15) is 0 Å². The highest BCUT2D eigenvalue weighted by atomic mass is 14.9. The van der Waals surface area contributed by atoms with Crippen LogP contribution in [0.15, 0.2) is 42.6 Å². The largest absolute Gasteiger partial charge is 0.306 e. The molecule has 1 heterocycles. The number of hydrogen-bond donors (Lipinski definition) is 1. The molecule has 0 fully saturated rings. The molecule has 1 aliphatic carbocycles. The Labute approximate surface area is 121 Å². The second-order valence-corrected chi connectivity index (χ2v) is 5.85. The van der Waals surface area contributed by atoms with Crippen molar-refractivity contribution in [2.75, 3.05) is 0 Å². The predicted octanol–water partition coefficient (Wildman–Crippen LogP) is 4.12. The van der Waals surface area contributed by atoms with Crippen molar-refractivity contribution in [2.45, 2.75) is 45.2 Å². The molecular formula is C18H22N2. The van der Waals surface area contributed by atoms with Crippen LogP contribution >= 0.6 is 0 Å². The van der Waals surface area contributed by atoms with Gasteiger partial charge in [-0.25, -0.2) is 0 Å². The van der Waals surface area contributed by atoms with Crippen molar-refractivity contribution in [3.8, 4) is 0 Å². The zero-order valence-electron chi connectivity index (χ0n) is 12.3. The zero-order chi connectivity index (χ0) is 13.9. The van der Waals surface area contributed by atoms with Crippen LogP contribution in [0.4, 0.5) is 0 Å². The minimum Gasteiger partial charge on any atom is -0.306 e. The van der Waals surface area contributed by atoms with Gasteiger partial charge in [-0.1, -0.05) is 37.3 Å². The van der Waals surface area contributed by atoms with Gasteiger partial charge >= 0.3 is 0 Å². The van der Waals surface area contributed by atoms with Gasteiger partial charge in [-0.15, -0.1) is 0 Å². The van der Waals surface area contributed by atoms with E-state index in [1.807, 2.05) is 13.1 Å². The number of aromatic nitrogens is 1. The first kappa shape index (κ1) is 13.3. The minimum atomic E-state index is 0.476. The molecule has 0 saturated carbocycles. The summed E-state index contributed by atoms with van der Waals surface area (Å²) in [6, 6.07) is 13.6. The molecule has 0 amide bonds. The molecule has 0 aliphatic heterocycles. The maximum absolute atomic E-state index is 4.36. The van der Waals surface area contributed by atoms with E-state index in [1.165, 1.54) is 29.5 Å². The van der Waals surface area contributed by atoms with Gasteiger partial charge in [-0.3, -0.25) is 4.98 Å². The van der Waals surface area contributed by atoms with Crippen molar-refractivity contribution < 1.29 is 0 Å². The van der Waals surface area contributed by atoms with E-state index in [9.17, 15) is 0 Å². The molecule has 2 atom stereocenters. The van der Waals surface area contributed by atoms with Crippen LogP contribution in [0.3, 0.4) is 0 Å². The van der Waals surface area contributed by atoms with Gasteiger partial charge in [0.05, 0.1) is 0 Å². The maximum Gasteiger partial charge on any atom is 0.0372 e. The third kappa shape index (κ3) is 2.75. The van der Waals surface area contributed by atoms with Crippen molar-refractivity contribution in [3.63, 3.8) is 0 Å². The summed E-state index contributed by atoms with van der Waals surface area (Å²) in [5.74, 6) is 0.685. The first-order valence-electron chi connectivity index (χ1n) is 7.48. The minimum absolute atomic E-state index is 0.476. The average molecular weight is 266 g/mol. The number of aryl methyl sites for hydroxylation is 1. The normalized spacial score (nSPS) is 21.5. The Hall–Kier alpha value is -1.67. The summed E-state index contributed by atoms with van der Waals surface area (Å²) >= 11 is 0. The molecule has 2 heteroatoms. The molecule has 104 valence electrons. The summed E-state index contributed by atoms with van der Waals surface area (Å²) in [7, 11) is 0.